The van der Waals surface area contributed by atoms with Crippen molar-refractivity contribution in [1.82, 2.24) is 4.98 Å². The highest BCUT2D eigenvalue weighted by atomic mass is 35.5. The SMILES string of the molecule is O=C(COc1ccccc1[C@H]1c2sc(=O)[nH]c2SC2C1[C@H]1C[C@@H]2C2C(=O)N(c3ccc(Cl)cc3)C(=O)C21)Nc1ccccc1C(F)(F)F. The van der Waals surface area contributed by atoms with Gasteiger partial charge in [-0.15, -0.1) is 11.8 Å². The van der Waals surface area contributed by atoms with Crippen molar-refractivity contribution in [1.29, 1.82) is 0 Å². The number of para-hydroxylation sites is 2. The summed E-state index contributed by atoms with van der Waals surface area (Å²) < 4.78 is 46.5. The van der Waals surface area contributed by atoms with E-state index in [0.717, 1.165) is 22.3 Å². The number of thioether (sulfide) groups is 1. The van der Waals surface area contributed by atoms with Gasteiger partial charge in [-0.2, -0.15) is 13.2 Å². The predicted molar refractivity (Wildman–Crippen MR) is 174 cm³/mol. The number of anilines is 2. The maximum Gasteiger partial charge on any atom is 0.418 e. The monoisotopic (exact) mass is 711 g/mol. The van der Waals surface area contributed by atoms with Crippen molar-refractivity contribution in [2.45, 2.75) is 28.8 Å². The van der Waals surface area contributed by atoms with E-state index in [1.165, 1.54) is 23.1 Å². The molecular formula is C34H25ClF3N3O5S2. The van der Waals surface area contributed by atoms with E-state index in [1.54, 1.807) is 48.2 Å². The summed E-state index contributed by atoms with van der Waals surface area (Å²) >= 11 is 8.70. The highest BCUT2D eigenvalue weighted by Crippen LogP contribution is 2.69. The third kappa shape index (κ3) is 4.97. The highest BCUT2D eigenvalue weighted by Gasteiger charge is 2.69. The molecule has 48 heavy (non-hydrogen) atoms. The molecule has 2 N–H and O–H groups in total. The fourth-order valence-corrected chi connectivity index (χ4v) is 11.3. The second kappa shape index (κ2) is 11.5. The van der Waals surface area contributed by atoms with Gasteiger partial charge in [-0.05, 0) is 66.6 Å². The number of thiazole rings is 1. The third-order valence-corrected chi connectivity index (χ3v) is 12.8. The molecule has 2 saturated carbocycles. The maximum atomic E-state index is 14.0. The Morgan fingerprint density at radius 1 is 0.958 bits per heavy atom. The summed E-state index contributed by atoms with van der Waals surface area (Å²) in [5.41, 5.74) is -0.166. The van der Waals surface area contributed by atoms with Gasteiger partial charge in [0.15, 0.2) is 6.61 Å². The lowest BCUT2D eigenvalue weighted by Crippen LogP contribution is -2.42. The lowest BCUT2D eigenvalue weighted by atomic mass is 9.68. The molecule has 2 aliphatic heterocycles. The summed E-state index contributed by atoms with van der Waals surface area (Å²) in [6.45, 7) is -0.561. The molecule has 8 rings (SSSR count). The van der Waals surface area contributed by atoms with Crippen molar-refractivity contribution in [3.05, 3.63) is 103 Å². The molecule has 0 radical (unpaired) electrons. The van der Waals surface area contributed by atoms with Crippen LogP contribution in [0.4, 0.5) is 24.5 Å². The second-order valence-corrected chi connectivity index (χ2v) is 15.0. The largest absolute Gasteiger partial charge is 0.483 e. The minimum atomic E-state index is -4.65. The molecule has 2 bridgehead atoms. The zero-order chi connectivity index (χ0) is 33.5. The van der Waals surface area contributed by atoms with E-state index < -0.39 is 36.1 Å². The smallest absolute Gasteiger partial charge is 0.418 e. The fraction of sp³-hybridized carbons (Fsp3) is 0.294. The molecule has 4 unspecified atom stereocenters. The number of amides is 3. The number of benzene rings is 3. The summed E-state index contributed by atoms with van der Waals surface area (Å²) in [6.07, 6.45) is -3.97. The van der Waals surface area contributed by atoms with Crippen LogP contribution in [0.1, 0.15) is 28.3 Å². The Morgan fingerprint density at radius 2 is 1.65 bits per heavy atom. The van der Waals surface area contributed by atoms with Gasteiger partial charge < -0.3 is 15.0 Å². The second-order valence-electron chi connectivity index (χ2n) is 12.4. The van der Waals surface area contributed by atoms with E-state index in [9.17, 15) is 32.3 Å². The average Bonchev–Trinajstić information content (AvgIpc) is 3.79. The van der Waals surface area contributed by atoms with Crippen LogP contribution in [0, 0.1) is 29.6 Å². The normalized spacial score (nSPS) is 27.1. The van der Waals surface area contributed by atoms with Crippen LogP contribution in [0.3, 0.4) is 0 Å². The predicted octanol–water partition coefficient (Wildman–Crippen LogP) is 6.80. The Kier molecular flexibility index (Phi) is 7.49. The number of hydrogen-bond donors (Lipinski definition) is 2. The third-order valence-electron chi connectivity index (χ3n) is 9.93. The van der Waals surface area contributed by atoms with E-state index in [1.807, 2.05) is 12.1 Å². The zero-order valence-corrected chi connectivity index (χ0v) is 27.1. The minimum Gasteiger partial charge on any atom is -0.483 e. The van der Waals surface area contributed by atoms with Crippen molar-refractivity contribution in [3.8, 4) is 5.75 Å². The van der Waals surface area contributed by atoms with E-state index in [-0.39, 0.29) is 51.3 Å². The van der Waals surface area contributed by atoms with E-state index in [0.29, 0.717) is 33.5 Å². The van der Waals surface area contributed by atoms with Gasteiger partial charge in [0.2, 0.25) is 11.8 Å². The maximum absolute atomic E-state index is 14.0. The zero-order valence-electron chi connectivity index (χ0n) is 24.7. The lowest BCUT2D eigenvalue weighted by Gasteiger charge is -2.43. The molecule has 3 amide bonds. The Bertz CT molecular complexity index is 2030. The molecular weight excluding hydrogens is 687 g/mol. The van der Waals surface area contributed by atoms with E-state index in [2.05, 4.69) is 10.3 Å². The first-order chi connectivity index (χ1) is 23.0. The number of carbonyl (C=O) groups is 3. The van der Waals surface area contributed by atoms with Crippen LogP contribution in [0.2, 0.25) is 5.02 Å². The fourth-order valence-electron chi connectivity index (χ4n) is 8.25. The van der Waals surface area contributed by atoms with Gasteiger partial charge in [-0.25, -0.2) is 0 Å². The number of imide groups is 1. The van der Waals surface area contributed by atoms with Gasteiger partial charge >= 0.3 is 11.0 Å². The number of fused-ring (bicyclic) bond motifs is 9. The summed E-state index contributed by atoms with van der Waals surface area (Å²) in [5.74, 6) is -2.66. The van der Waals surface area contributed by atoms with Crippen molar-refractivity contribution < 1.29 is 32.3 Å². The Hall–Kier alpha value is -4.07. The van der Waals surface area contributed by atoms with E-state index >= 15 is 0 Å². The first-order valence-corrected chi connectivity index (χ1v) is 17.3. The molecule has 3 heterocycles. The van der Waals surface area contributed by atoms with Crippen LogP contribution in [-0.4, -0.2) is 34.6 Å². The number of nitrogens with zero attached hydrogens (tertiary/aromatic N) is 1. The number of carbonyl (C=O) groups excluding carboxylic acids is 3. The van der Waals surface area contributed by atoms with Crippen LogP contribution in [-0.2, 0) is 20.6 Å². The van der Waals surface area contributed by atoms with Gasteiger partial charge in [0, 0.05) is 26.6 Å². The number of hydrogen-bond acceptors (Lipinski definition) is 7. The molecule has 2 aliphatic carbocycles. The van der Waals surface area contributed by atoms with Gasteiger partial charge in [0.1, 0.15) is 5.75 Å². The molecule has 7 atom stereocenters. The lowest BCUT2D eigenvalue weighted by molar-refractivity contribution is -0.137. The molecule has 14 heteroatoms. The van der Waals surface area contributed by atoms with Gasteiger partial charge in [-0.1, -0.05) is 53.3 Å². The average molecular weight is 712 g/mol. The van der Waals surface area contributed by atoms with Crippen molar-refractivity contribution in [3.63, 3.8) is 0 Å². The van der Waals surface area contributed by atoms with Crippen LogP contribution < -0.4 is 19.8 Å². The van der Waals surface area contributed by atoms with Crippen molar-refractivity contribution in [2.24, 2.45) is 29.6 Å². The van der Waals surface area contributed by atoms with Crippen LogP contribution in [0.15, 0.2) is 82.6 Å². The number of H-pyrrole nitrogens is 1. The number of rotatable bonds is 6. The molecule has 4 aliphatic rings. The Labute approximate surface area is 284 Å². The molecule has 0 spiro atoms. The standard InChI is InChI=1S/C34H25ClF3N3O5S2/c35-15-9-11-16(12-10-15)41-31(43)26-18-13-19(27(26)32(41)44)28-25(18)24(29-30(47-28)40-33(45)48-29)17-5-1-4-8-22(17)46-14-23(42)39-21-7-3-2-6-20(21)34(36,37)38/h1-12,18-19,24-28H,13-14H2,(H,39,42)(H,40,45)/t18-,19-,24-,25?,26?,27?,28?/m1/s1. The molecule has 246 valence electrons. The van der Waals surface area contributed by atoms with Gasteiger partial charge in [0.05, 0.1) is 33.8 Å². The number of aromatic amines is 1. The summed E-state index contributed by atoms with van der Waals surface area (Å²) in [5, 5.41) is 3.44. The molecule has 3 fully saturated rings. The van der Waals surface area contributed by atoms with Crippen LogP contribution in [0.25, 0.3) is 0 Å². The Balaban J connectivity index is 1.11. The van der Waals surface area contributed by atoms with Gasteiger partial charge in [0.25, 0.3) is 5.91 Å². The number of halogens is 4. The van der Waals surface area contributed by atoms with Crippen LogP contribution in [0.5, 0.6) is 5.75 Å². The van der Waals surface area contributed by atoms with E-state index in [4.69, 9.17) is 16.3 Å². The molecule has 1 aromatic heterocycles. The number of alkyl halides is 3. The van der Waals surface area contributed by atoms with Gasteiger partial charge in [-0.3, -0.25) is 24.1 Å². The summed E-state index contributed by atoms with van der Waals surface area (Å²) in [6, 6.07) is 18.4. The first-order valence-electron chi connectivity index (χ1n) is 15.2. The number of ether oxygens (including phenoxy) is 1. The number of aromatic nitrogens is 1. The topological polar surface area (TPSA) is 109 Å². The Morgan fingerprint density at radius 3 is 2.40 bits per heavy atom. The van der Waals surface area contributed by atoms with Crippen molar-refractivity contribution in [2.75, 3.05) is 16.8 Å². The molecule has 8 nitrogen and oxygen atoms in total. The summed E-state index contributed by atoms with van der Waals surface area (Å²) in [7, 11) is 0. The molecule has 3 aromatic carbocycles. The van der Waals surface area contributed by atoms with Crippen molar-refractivity contribution >= 4 is 63.8 Å². The highest BCUT2D eigenvalue weighted by molar-refractivity contribution is 8.00. The summed E-state index contributed by atoms with van der Waals surface area (Å²) in [4.78, 5) is 58.2. The minimum absolute atomic E-state index is 0.0730. The number of nitrogens with one attached hydrogen (secondary N) is 2. The molecule has 4 aromatic rings. The molecule has 1 saturated heterocycles. The quantitative estimate of drug-likeness (QED) is 0.213. The first kappa shape index (κ1) is 31.2. The van der Waals surface area contributed by atoms with Crippen LogP contribution >= 0.6 is 34.7 Å².